The Morgan fingerprint density at radius 2 is 1.74 bits per heavy atom. The van der Waals surface area contributed by atoms with Crippen LogP contribution in [0.1, 0.15) is 30.1 Å². The van der Waals surface area contributed by atoms with Crippen molar-refractivity contribution in [2.45, 2.75) is 19.8 Å². The van der Waals surface area contributed by atoms with Gasteiger partial charge < -0.3 is 5.32 Å². The van der Waals surface area contributed by atoms with Crippen molar-refractivity contribution >= 4 is 16.8 Å². The highest BCUT2D eigenvalue weighted by molar-refractivity contribution is 6.10. The minimum Gasteiger partial charge on any atom is -0.352 e. The molecule has 0 fully saturated rings. The molecule has 3 rings (SSSR count). The molecule has 0 aliphatic heterocycles. The smallest absolute Gasteiger partial charge is 0.254 e. The summed E-state index contributed by atoms with van der Waals surface area (Å²) in [5.74, 6) is -0.0941. The van der Waals surface area contributed by atoms with E-state index in [1.807, 2.05) is 54.6 Å². The zero-order chi connectivity index (χ0) is 16.1. The van der Waals surface area contributed by atoms with Crippen molar-refractivity contribution in [1.82, 2.24) is 15.5 Å². The summed E-state index contributed by atoms with van der Waals surface area (Å²) in [7, 11) is 0. The predicted molar refractivity (Wildman–Crippen MR) is 92.2 cm³/mol. The van der Waals surface area contributed by atoms with Crippen LogP contribution in [0.3, 0.4) is 0 Å². The molecule has 3 aromatic rings. The second-order valence-corrected chi connectivity index (χ2v) is 5.42. The highest BCUT2D eigenvalue weighted by Crippen LogP contribution is 2.26. The van der Waals surface area contributed by atoms with E-state index in [1.54, 1.807) is 0 Å². The van der Waals surface area contributed by atoms with Crippen molar-refractivity contribution < 1.29 is 4.79 Å². The van der Waals surface area contributed by atoms with Gasteiger partial charge in [-0.05, 0) is 12.5 Å². The molecule has 0 aliphatic rings. The van der Waals surface area contributed by atoms with Crippen molar-refractivity contribution in [3.05, 3.63) is 60.2 Å². The molecular weight excluding hydrogens is 286 g/mol. The fraction of sp³-hybridized carbons (Fsp3) is 0.211. The van der Waals surface area contributed by atoms with E-state index in [0.29, 0.717) is 17.8 Å². The zero-order valence-corrected chi connectivity index (χ0v) is 13.1. The number of nitrogens with zero attached hydrogens (tertiary/aromatic N) is 2. The first-order valence-corrected chi connectivity index (χ1v) is 7.90. The van der Waals surface area contributed by atoms with E-state index < -0.39 is 0 Å². The summed E-state index contributed by atoms with van der Waals surface area (Å²) >= 11 is 0. The van der Waals surface area contributed by atoms with Gasteiger partial charge in [0.05, 0.1) is 11.1 Å². The molecule has 1 amide bonds. The van der Waals surface area contributed by atoms with Crippen molar-refractivity contribution in [1.29, 1.82) is 0 Å². The molecular formula is C19H19N3O. The number of unbranched alkanes of at least 4 members (excludes halogenated alkanes) is 1. The van der Waals surface area contributed by atoms with Gasteiger partial charge in [-0.15, -0.1) is 10.2 Å². The van der Waals surface area contributed by atoms with E-state index in [4.69, 9.17) is 0 Å². The largest absolute Gasteiger partial charge is 0.352 e. The van der Waals surface area contributed by atoms with Crippen LogP contribution in [-0.4, -0.2) is 22.6 Å². The molecule has 0 saturated heterocycles. The fourth-order valence-corrected chi connectivity index (χ4v) is 2.55. The lowest BCUT2D eigenvalue weighted by Gasteiger charge is -2.11. The molecule has 0 aliphatic carbocycles. The summed E-state index contributed by atoms with van der Waals surface area (Å²) in [5, 5.41) is 12.4. The Bertz CT molecular complexity index is 815. The quantitative estimate of drug-likeness (QED) is 0.729. The summed E-state index contributed by atoms with van der Waals surface area (Å²) in [6, 6.07) is 17.3. The monoisotopic (exact) mass is 305 g/mol. The lowest BCUT2D eigenvalue weighted by molar-refractivity contribution is 0.0955. The number of carbonyl (C=O) groups is 1. The van der Waals surface area contributed by atoms with Gasteiger partial charge in [-0.3, -0.25) is 4.79 Å². The standard InChI is InChI=1S/C19H19N3O/c1-2-3-13-20-19(23)17-15-11-7-8-12-16(15)21-22-18(17)14-9-5-4-6-10-14/h4-12H,2-3,13H2,1H3,(H,20,23). The summed E-state index contributed by atoms with van der Waals surface area (Å²) in [5.41, 5.74) is 2.84. The Labute approximate surface area is 135 Å². The fourth-order valence-electron chi connectivity index (χ4n) is 2.55. The second kappa shape index (κ2) is 7.01. The van der Waals surface area contributed by atoms with Gasteiger partial charge >= 0.3 is 0 Å². The third kappa shape index (κ3) is 3.21. The maximum Gasteiger partial charge on any atom is 0.254 e. The third-order valence-electron chi connectivity index (χ3n) is 3.76. The normalized spacial score (nSPS) is 10.7. The molecule has 1 aromatic heterocycles. The molecule has 0 atom stereocenters. The van der Waals surface area contributed by atoms with Crippen molar-refractivity contribution in [3.63, 3.8) is 0 Å². The molecule has 2 aromatic carbocycles. The SMILES string of the molecule is CCCCNC(=O)c1c(-c2ccccc2)nnc2ccccc12. The molecule has 4 nitrogen and oxygen atoms in total. The molecule has 1 heterocycles. The first kappa shape index (κ1) is 15.2. The number of nitrogens with one attached hydrogen (secondary N) is 1. The minimum atomic E-state index is -0.0941. The van der Waals surface area contributed by atoms with Gasteiger partial charge in [0.15, 0.2) is 0 Å². The van der Waals surface area contributed by atoms with Crippen LogP contribution in [0.15, 0.2) is 54.6 Å². The van der Waals surface area contributed by atoms with E-state index in [-0.39, 0.29) is 5.91 Å². The van der Waals surface area contributed by atoms with Crippen LogP contribution in [0.5, 0.6) is 0 Å². The average molecular weight is 305 g/mol. The number of benzene rings is 2. The predicted octanol–water partition coefficient (Wildman–Crippen LogP) is 3.83. The van der Waals surface area contributed by atoms with Gasteiger partial charge in [-0.2, -0.15) is 0 Å². The van der Waals surface area contributed by atoms with Gasteiger partial charge in [-0.1, -0.05) is 61.9 Å². The van der Waals surface area contributed by atoms with Gasteiger partial charge in [0.25, 0.3) is 5.91 Å². The number of aromatic nitrogens is 2. The van der Waals surface area contributed by atoms with Crippen molar-refractivity contribution in [2.75, 3.05) is 6.54 Å². The Morgan fingerprint density at radius 3 is 2.52 bits per heavy atom. The van der Waals surface area contributed by atoms with E-state index in [0.717, 1.165) is 29.3 Å². The van der Waals surface area contributed by atoms with E-state index in [2.05, 4.69) is 22.4 Å². The number of amides is 1. The Hall–Kier alpha value is -2.75. The number of hydrogen-bond acceptors (Lipinski definition) is 3. The highest BCUT2D eigenvalue weighted by atomic mass is 16.1. The molecule has 0 spiro atoms. The van der Waals surface area contributed by atoms with Crippen LogP contribution in [0.25, 0.3) is 22.2 Å². The highest BCUT2D eigenvalue weighted by Gasteiger charge is 2.18. The van der Waals surface area contributed by atoms with Crippen molar-refractivity contribution in [3.8, 4) is 11.3 Å². The Morgan fingerprint density at radius 1 is 1.00 bits per heavy atom. The summed E-state index contributed by atoms with van der Waals surface area (Å²) in [6.07, 6.45) is 2.00. The zero-order valence-electron chi connectivity index (χ0n) is 13.1. The maximum absolute atomic E-state index is 12.7. The van der Waals surface area contributed by atoms with E-state index in [1.165, 1.54) is 0 Å². The third-order valence-corrected chi connectivity index (χ3v) is 3.76. The summed E-state index contributed by atoms with van der Waals surface area (Å²) in [4.78, 5) is 12.7. The average Bonchev–Trinajstić information content (AvgIpc) is 2.61. The molecule has 23 heavy (non-hydrogen) atoms. The van der Waals surface area contributed by atoms with Gasteiger partial charge in [0.2, 0.25) is 0 Å². The first-order valence-electron chi connectivity index (χ1n) is 7.90. The van der Waals surface area contributed by atoms with Crippen LogP contribution < -0.4 is 5.32 Å². The maximum atomic E-state index is 12.7. The molecule has 1 N–H and O–H groups in total. The van der Waals surface area contributed by atoms with Crippen LogP contribution >= 0.6 is 0 Å². The summed E-state index contributed by atoms with van der Waals surface area (Å²) < 4.78 is 0. The van der Waals surface area contributed by atoms with Gasteiger partial charge in [0.1, 0.15) is 5.69 Å². The van der Waals surface area contributed by atoms with Gasteiger partial charge in [0, 0.05) is 17.5 Å². The molecule has 116 valence electrons. The van der Waals surface area contributed by atoms with Crippen LogP contribution in [0.2, 0.25) is 0 Å². The molecule has 0 radical (unpaired) electrons. The number of carbonyl (C=O) groups excluding carboxylic acids is 1. The van der Waals surface area contributed by atoms with Crippen molar-refractivity contribution in [2.24, 2.45) is 0 Å². The molecule has 0 unspecified atom stereocenters. The second-order valence-electron chi connectivity index (χ2n) is 5.42. The lowest BCUT2D eigenvalue weighted by atomic mass is 10.0. The summed E-state index contributed by atoms with van der Waals surface area (Å²) in [6.45, 7) is 2.77. The lowest BCUT2D eigenvalue weighted by Crippen LogP contribution is -2.25. The van der Waals surface area contributed by atoms with Crippen LogP contribution in [0, 0.1) is 0 Å². The van der Waals surface area contributed by atoms with E-state index in [9.17, 15) is 4.79 Å². The number of fused-ring (bicyclic) bond motifs is 1. The van der Waals surface area contributed by atoms with Gasteiger partial charge in [-0.25, -0.2) is 0 Å². The number of hydrogen-bond donors (Lipinski definition) is 1. The molecule has 0 bridgehead atoms. The molecule has 0 saturated carbocycles. The van der Waals surface area contributed by atoms with Crippen LogP contribution in [-0.2, 0) is 0 Å². The Balaban J connectivity index is 2.12. The van der Waals surface area contributed by atoms with E-state index >= 15 is 0 Å². The first-order chi connectivity index (χ1) is 11.3. The van der Waals surface area contributed by atoms with Crippen LogP contribution in [0.4, 0.5) is 0 Å². The Kier molecular flexibility index (Phi) is 4.62. The number of rotatable bonds is 5. The topological polar surface area (TPSA) is 54.9 Å². The minimum absolute atomic E-state index is 0.0941. The molecule has 4 heteroatoms.